The van der Waals surface area contributed by atoms with Gasteiger partial charge in [-0.15, -0.1) is 0 Å². The highest BCUT2D eigenvalue weighted by Gasteiger charge is 2.28. The monoisotopic (exact) mass is 401 g/mol. The molecule has 7 nitrogen and oxygen atoms in total. The summed E-state index contributed by atoms with van der Waals surface area (Å²) in [6, 6.07) is 9.97. The average molecular weight is 401 g/mol. The number of hydrogen-bond acceptors (Lipinski definition) is 6. The topological polar surface area (TPSA) is 105 Å². The second kappa shape index (κ2) is 7.75. The maximum atomic E-state index is 13.1. The van der Waals surface area contributed by atoms with Crippen LogP contribution in [0.5, 0.6) is 0 Å². The molecule has 4 N–H and O–H groups in total. The van der Waals surface area contributed by atoms with E-state index >= 15 is 0 Å². The van der Waals surface area contributed by atoms with Crippen molar-refractivity contribution in [3.8, 4) is 0 Å². The van der Waals surface area contributed by atoms with Gasteiger partial charge < -0.3 is 20.3 Å². The number of nitrogens with zero attached hydrogens (tertiary/aromatic N) is 1. The van der Waals surface area contributed by atoms with Crippen molar-refractivity contribution in [3.63, 3.8) is 0 Å². The summed E-state index contributed by atoms with van der Waals surface area (Å²) in [5.74, 6) is 0. The number of nitrogens with one attached hydrogen (secondary N) is 1. The van der Waals surface area contributed by atoms with Crippen molar-refractivity contribution in [3.05, 3.63) is 47.5 Å². The first-order valence-corrected chi connectivity index (χ1v) is 11.0. The Kier molecular flexibility index (Phi) is 5.33. The van der Waals surface area contributed by atoms with Crippen molar-refractivity contribution in [2.45, 2.75) is 30.8 Å². The fourth-order valence-corrected chi connectivity index (χ4v) is 5.13. The third kappa shape index (κ3) is 4.02. The lowest BCUT2D eigenvalue weighted by Gasteiger charge is -2.17. The molecule has 148 valence electrons. The van der Waals surface area contributed by atoms with Gasteiger partial charge in [0.05, 0.1) is 11.5 Å². The summed E-state index contributed by atoms with van der Waals surface area (Å²) in [5.41, 5.74) is 9.01. The van der Waals surface area contributed by atoms with E-state index in [2.05, 4.69) is 9.62 Å². The summed E-state index contributed by atoms with van der Waals surface area (Å²) in [6.45, 7) is 3.25. The van der Waals surface area contributed by atoms with Crippen LogP contribution in [0.2, 0.25) is 0 Å². The van der Waals surface area contributed by atoms with Crippen molar-refractivity contribution in [2.24, 2.45) is 0 Å². The van der Waals surface area contributed by atoms with Gasteiger partial charge in [0.2, 0.25) is 0 Å². The minimum atomic E-state index is -3.79. The maximum absolute atomic E-state index is 13.1. The summed E-state index contributed by atoms with van der Waals surface area (Å²) >= 11 is 0. The normalized spacial score (nSPS) is 17.1. The van der Waals surface area contributed by atoms with Crippen LogP contribution in [-0.2, 0) is 27.7 Å². The highest BCUT2D eigenvalue weighted by Crippen LogP contribution is 2.24. The molecule has 0 saturated carbocycles. The van der Waals surface area contributed by atoms with E-state index in [1.165, 1.54) is 12.8 Å². The molecule has 2 aromatic rings. The highest BCUT2D eigenvalue weighted by atomic mass is 32.2. The molecule has 28 heavy (non-hydrogen) atoms. The lowest BCUT2D eigenvalue weighted by molar-refractivity contribution is 0.275. The number of hydrogen-bond donors (Lipinski definition) is 3. The first-order valence-electron chi connectivity index (χ1n) is 9.48. The third-order valence-electron chi connectivity index (χ3n) is 5.33. The van der Waals surface area contributed by atoms with Gasteiger partial charge in [0.1, 0.15) is 0 Å². The van der Waals surface area contributed by atoms with Crippen molar-refractivity contribution in [1.82, 2.24) is 4.90 Å². The van der Waals surface area contributed by atoms with Gasteiger partial charge in [-0.25, -0.2) is 8.42 Å². The van der Waals surface area contributed by atoms with Crippen LogP contribution < -0.4 is 15.9 Å². The van der Waals surface area contributed by atoms with Gasteiger partial charge in [-0.2, -0.15) is 0 Å². The maximum Gasteiger partial charge on any atom is 0.491 e. The van der Waals surface area contributed by atoms with Crippen LogP contribution in [0.1, 0.15) is 24.0 Å². The van der Waals surface area contributed by atoms with Crippen molar-refractivity contribution in [1.29, 1.82) is 0 Å². The number of fused-ring (bicyclic) bond motifs is 1. The Morgan fingerprint density at radius 3 is 2.75 bits per heavy atom. The minimum Gasteiger partial charge on any atom is -0.423 e. The van der Waals surface area contributed by atoms with Gasteiger partial charge in [0, 0.05) is 17.9 Å². The molecule has 0 aliphatic carbocycles. The number of sulfonamides is 1. The molecule has 2 heterocycles. The molecule has 0 spiro atoms. The molecule has 1 saturated heterocycles. The smallest absolute Gasteiger partial charge is 0.423 e. The van der Waals surface area contributed by atoms with E-state index in [1.54, 1.807) is 36.4 Å². The number of nitrogens with two attached hydrogens (primary N) is 1. The van der Waals surface area contributed by atoms with Crippen molar-refractivity contribution < 1.29 is 18.1 Å². The van der Waals surface area contributed by atoms with Crippen molar-refractivity contribution in [2.75, 3.05) is 30.1 Å². The number of anilines is 2. The number of benzene rings is 2. The molecule has 0 radical (unpaired) electrons. The Labute approximate surface area is 165 Å². The van der Waals surface area contributed by atoms with Crippen LogP contribution in [0.25, 0.3) is 0 Å². The molecule has 2 aliphatic heterocycles. The van der Waals surface area contributed by atoms with Crippen LogP contribution in [0.15, 0.2) is 41.3 Å². The van der Waals surface area contributed by atoms with E-state index < -0.39 is 17.1 Å². The molecule has 2 aromatic carbocycles. The van der Waals surface area contributed by atoms with Crippen LogP contribution in [0.3, 0.4) is 0 Å². The molecule has 9 heteroatoms. The molecule has 1 fully saturated rings. The average Bonchev–Trinajstić information content (AvgIpc) is 3.30. The molecule has 4 rings (SSSR count). The SMILES string of the molecule is Nc1ccc(S(=O)(=O)Nc2ccc3c(c2)B(O)OC3)c(CCN2CCCC2)c1. The molecule has 2 aliphatic rings. The molecular formula is C19H24BN3O4S. The lowest BCUT2D eigenvalue weighted by Crippen LogP contribution is -2.28. The fraction of sp³-hybridized carbons (Fsp3) is 0.368. The van der Waals surface area contributed by atoms with E-state index in [1.807, 2.05) is 0 Å². The van der Waals surface area contributed by atoms with Gasteiger partial charge in [0.25, 0.3) is 10.0 Å². The van der Waals surface area contributed by atoms with Crippen molar-refractivity contribution >= 4 is 34.0 Å². The number of rotatable bonds is 6. The standard InChI is InChI=1S/C19H24BN3O4S/c21-16-4-6-19(14(11-16)7-10-23-8-1-2-9-23)28(25,26)22-17-5-3-15-13-27-20(24)18(15)12-17/h3-6,11-12,22,24H,1-2,7-10,13,21H2. The van der Waals surface area contributed by atoms with Gasteiger partial charge >= 0.3 is 7.12 Å². The molecule has 0 unspecified atom stereocenters. The summed E-state index contributed by atoms with van der Waals surface area (Å²) in [7, 11) is -4.81. The van der Waals surface area contributed by atoms with Gasteiger partial charge in [-0.3, -0.25) is 4.72 Å². The van der Waals surface area contributed by atoms with E-state index in [0.717, 1.165) is 25.2 Å². The van der Waals surface area contributed by atoms with E-state index in [0.29, 0.717) is 35.4 Å². The van der Waals surface area contributed by atoms with Gasteiger partial charge in [0.15, 0.2) is 0 Å². The van der Waals surface area contributed by atoms with E-state index in [4.69, 9.17) is 10.4 Å². The quantitative estimate of drug-likeness (QED) is 0.491. The molecule has 0 amide bonds. The number of likely N-dealkylation sites (tertiary alicyclic amines) is 1. The Bertz CT molecular complexity index is 977. The Morgan fingerprint density at radius 1 is 1.18 bits per heavy atom. The molecule has 0 aromatic heterocycles. The zero-order chi connectivity index (χ0) is 19.7. The minimum absolute atomic E-state index is 0.234. The van der Waals surface area contributed by atoms with Gasteiger partial charge in [-0.05, 0) is 79.3 Å². The Morgan fingerprint density at radius 2 is 1.96 bits per heavy atom. The number of nitrogen functional groups attached to an aromatic ring is 1. The van der Waals surface area contributed by atoms with E-state index in [-0.39, 0.29) is 4.90 Å². The fourth-order valence-electron chi connectivity index (χ4n) is 3.83. The predicted octanol–water partition coefficient (Wildman–Crippen LogP) is 0.926. The predicted molar refractivity (Wildman–Crippen MR) is 110 cm³/mol. The van der Waals surface area contributed by atoms with Crippen LogP contribution in [0.4, 0.5) is 11.4 Å². The zero-order valence-electron chi connectivity index (χ0n) is 15.6. The third-order valence-corrected chi connectivity index (χ3v) is 6.81. The largest absolute Gasteiger partial charge is 0.491 e. The Balaban J connectivity index is 1.57. The lowest BCUT2D eigenvalue weighted by atomic mass is 9.79. The summed E-state index contributed by atoms with van der Waals surface area (Å²) < 4.78 is 33.9. The van der Waals surface area contributed by atoms with Gasteiger partial charge in [-0.1, -0.05) is 6.07 Å². The molecule has 0 bridgehead atoms. The first kappa shape index (κ1) is 19.3. The Hall–Kier alpha value is -2.07. The van der Waals surface area contributed by atoms with E-state index in [9.17, 15) is 13.4 Å². The highest BCUT2D eigenvalue weighted by molar-refractivity contribution is 7.92. The molecule has 0 atom stereocenters. The zero-order valence-corrected chi connectivity index (χ0v) is 16.4. The van der Waals surface area contributed by atoms with Crippen LogP contribution >= 0.6 is 0 Å². The summed E-state index contributed by atoms with van der Waals surface area (Å²) in [6.07, 6.45) is 3.01. The summed E-state index contributed by atoms with van der Waals surface area (Å²) in [4.78, 5) is 2.58. The van der Waals surface area contributed by atoms with Crippen LogP contribution in [-0.4, -0.2) is 45.1 Å². The summed E-state index contributed by atoms with van der Waals surface area (Å²) in [5, 5.41) is 9.85. The van der Waals surface area contributed by atoms with Crippen LogP contribution in [0, 0.1) is 0 Å². The molecular weight excluding hydrogens is 377 g/mol. The second-order valence-electron chi connectivity index (χ2n) is 7.35. The first-order chi connectivity index (χ1) is 13.4. The second-order valence-corrected chi connectivity index (χ2v) is 9.00.